The third kappa shape index (κ3) is 4.51. The van der Waals surface area contributed by atoms with Gasteiger partial charge < -0.3 is 14.8 Å². The van der Waals surface area contributed by atoms with Crippen LogP contribution in [0.1, 0.15) is 11.3 Å². The van der Waals surface area contributed by atoms with E-state index in [0.29, 0.717) is 28.4 Å². The van der Waals surface area contributed by atoms with E-state index in [9.17, 15) is 13.2 Å². The van der Waals surface area contributed by atoms with Gasteiger partial charge in [0.25, 0.3) is 0 Å². The van der Waals surface area contributed by atoms with Gasteiger partial charge in [0, 0.05) is 17.1 Å². The summed E-state index contributed by atoms with van der Waals surface area (Å²) in [5.41, 5.74) is 0.931. The standard InChI is InChI=1S/C18H16F3N3O2.ClH/c1-25-16-7-13-14(8-17(16)26-2)23-10-24-15(13)9-22-12-5-3-4-11(6-12)18(19,20)21;/h3-8,10,22H,9H2,1-2H3;1H. The van der Waals surface area contributed by atoms with Crippen LogP contribution in [0.15, 0.2) is 42.7 Å². The third-order valence-electron chi connectivity index (χ3n) is 3.87. The maximum Gasteiger partial charge on any atom is 0.416 e. The maximum atomic E-state index is 12.8. The Bertz CT molecular complexity index is 935. The molecule has 1 aromatic heterocycles. The highest BCUT2D eigenvalue weighted by molar-refractivity contribution is 5.85. The van der Waals surface area contributed by atoms with Gasteiger partial charge in [0.1, 0.15) is 6.33 Å². The van der Waals surface area contributed by atoms with Crippen LogP contribution in [0.3, 0.4) is 0 Å². The number of ether oxygens (including phenoxy) is 2. The van der Waals surface area contributed by atoms with Gasteiger partial charge in [-0.05, 0) is 24.3 Å². The number of nitrogens with one attached hydrogen (secondary N) is 1. The predicted octanol–water partition coefficient (Wildman–Crippen LogP) is 4.70. The lowest BCUT2D eigenvalue weighted by atomic mass is 10.1. The maximum absolute atomic E-state index is 12.8. The lowest BCUT2D eigenvalue weighted by Crippen LogP contribution is -2.07. The topological polar surface area (TPSA) is 56.3 Å². The zero-order valence-corrected chi connectivity index (χ0v) is 15.3. The van der Waals surface area contributed by atoms with E-state index in [1.807, 2.05) is 0 Å². The molecule has 144 valence electrons. The molecule has 0 spiro atoms. The molecule has 5 nitrogen and oxygen atoms in total. The normalized spacial score (nSPS) is 11.0. The monoisotopic (exact) mass is 399 g/mol. The predicted molar refractivity (Wildman–Crippen MR) is 98.7 cm³/mol. The van der Waals surface area contributed by atoms with Crippen molar-refractivity contribution in [3.63, 3.8) is 0 Å². The fraction of sp³-hybridized carbons (Fsp3) is 0.222. The summed E-state index contributed by atoms with van der Waals surface area (Å²) < 4.78 is 49.0. The van der Waals surface area contributed by atoms with E-state index in [2.05, 4.69) is 15.3 Å². The first-order valence-electron chi connectivity index (χ1n) is 7.69. The van der Waals surface area contributed by atoms with E-state index in [1.165, 1.54) is 26.6 Å². The average molecular weight is 400 g/mol. The first-order chi connectivity index (χ1) is 12.4. The number of rotatable bonds is 5. The molecule has 0 unspecified atom stereocenters. The molecule has 3 aromatic rings. The number of anilines is 1. The number of halogens is 4. The van der Waals surface area contributed by atoms with Crippen LogP contribution in [0, 0.1) is 0 Å². The van der Waals surface area contributed by atoms with Gasteiger partial charge in [-0.1, -0.05) is 6.07 Å². The number of hydrogen-bond donors (Lipinski definition) is 1. The van der Waals surface area contributed by atoms with Gasteiger partial charge in [0.05, 0.1) is 37.5 Å². The van der Waals surface area contributed by atoms with E-state index < -0.39 is 11.7 Å². The van der Waals surface area contributed by atoms with E-state index in [1.54, 1.807) is 18.2 Å². The lowest BCUT2D eigenvalue weighted by Gasteiger charge is -2.13. The molecule has 2 aromatic carbocycles. The van der Waals surface area contributed by atoms with Crippen molar-refractivity contribution in [1.29, 1.82) is 0 Å². The molecule has 1 heterocycles. The number of fused-ring (bicyclic) bond motifs is 1. The largest absolute Gasteiger partial charge is 0.493 e. The second kappa shape index (κ2) is 8.30. The summed E-state index contributed by atoms with van der Waals surface area (Å²) in [7, 11) is 3.05. The smallest absolute Gasteiger partial charge is 0.416 e. The fourth-order valence-corrected chi connectivity index (χ4v) is 2.57. The van der Waals surface area contributed by atoms with Crippen LogP contribution < -0.4 is 14.8 Å². The van der Waals surface area contributed by atoms with Gasteiger partial charge in [-0.25, -0.2) is 9.97 Å². The van der Waals surface area contributed by atoms with Crippen LogP contribution in [0.4, 0.5) is 18.9 Å². The highest BCUT2D eigenvalue weighted by atomic mass is 35.5. The Labute approximate surface area is 159 Å². The van der Waals surface area contributed by atoms with Crippen LogP contribution in [0.25, 0.3) is 10.9 Å². The molecule has 0 bridgehead atoms. The van der Waals surface area contributed by atoms with E-state index >= 15 is 0 Å². The molecule has 27 heavy (non-hydrogen) atoms. The number of aromatic nitrogens is 2. The fourth-order valence-electron chi connectivity index (χ4n) is 2.57. The van der Waals surface area contributed by atoms with Crippen molar-refractivity contribution in [2.24, 2.45) is 0 Å². The number of methoxy groups -OCH3 is 2. The van der Waals surface area contributed by atoms with E-state index in [-0.39, 0.29) is 19.0 Å². The van der Waals surface area contributed by atoms with Crippen LogP contribution in [-0.4, -0.2) is 24.2 Å². The van der Waals surface area contributed by atoms with Gasteiger partial charge in [0.15, 0.2) is 11.5 Å². The molecule has 0 saturated carbocycles. The Balaban J connectivity index is 0.00000261. The van der Waals surface area contributed by atoms with Crippen LogP contribution >= 0.6 is 12.4 Å². The second-order valence-corrected chi connectivity index (χ2v) is 5.48. The Morgan fingerprint density at radius 1 is 1.00 bits per heavy atom. The van der Waals surface area contributed by atoms with Gasteiger partial charge in [0.2, 0.25) is 0 Å². The summed E-state index contributed by atoms with van der Waals surface area (Å²) in [4.78, 5) is 8.44. The Kier molecular flexibility index (Phi) is 6.32. The van der Waals surface area contributed by atoms with Crippen molar-refractivity contribution in [2.75, 3.05) is 19.5 Å². The minimum Gasteiger partial charge on any atom is -0.493 e. The SMILES string of the molecule is COc1cc2ncnc(CNc3cccc(C(F)(F)F)c3)c2cc1OC.Cl. The molecule has 1 N–H and O–H groups in total. The molecular formula is C18H17ClF3N3O2. The molecule has 0 aliphatic heterocycles. The minimum absolute atomic E-state index is 0. The Morgan fingerprint density at radius 3 is 2.37 bits per heavy atom. The summed E-state index contributed by atoms with van der Waals surface area (Å²) in [6.45, 7) is 0.232. The molecule has 3 rings (SSSR count). The van der Waals surface area contributed by atoms with Crippen molar-refractivity contribution in [1.82, 2.24) is 9.97 Å². The minimum atomic E-state index is -4.39. The van der Waals surface area contributed by atoms with Gasteiger partial charge >= 0.3 is 6.18 Å². The highest BCUT2D eigenvalue weighted by Crippen LogP contribution is 2.33. The second-order valence-electron chi connectivity index (χ2n) is 5.48. The van der Waals surface area contributed by atoms with Crippen LogP contribution in [-0.2, 0) is 12.7 Å². The highest BCUT2D eigenvalue weighted by Gasteiger charge is 2.30. The number of nitrogens with zero attached hydrogens (tertiary/aromatic N) is 2. The summed E-state index contributed by atoms with van der Waals surface area (Å²) in [5.74, 6) is 1.06. The molecule has 0 fully saturated rings. The average Bonchev–Trinajstić information content (AvgIpc) is 2.64. The zero-order chi connectivity index (χ0) is 18.7. The molecule has 0 radical (unpaired) electrons. The third-order valence-corrected chi connectivity index (χ3v) is 3.87. The molecule has 0 saturated heterocycles. The molecule has 0 aliphatic carbocycles. The molecule has 0 aliphatic rings. The lowest BCUT2D eigenvalue weighted by molar-refractivity contribution is -0.137. The molecule has 9 heteroatoms. The molecule has 0 atom stereocenters. The van der Waals surface area contributed by atoms with Crippen molar-refractivity contribution in [3.05, 3.63) is 54.0 Å². The summed E-state index contributed by atoms with van der Waals surface area (Å²) in [6, 6.07) is 8.50. The van der Waals surface area contributed by atoms with Crippen molar-refractivity contribution in [3.8, 4) is 11.5 Å². The number of benzene rings is 2. The van der Waals surface area contributed by atoms with Gasteiger partial charge in [-0.2, -0.15) is 13.2 Å². The number of alkyl halides is 3. The summed E-state index contributed by atoms with van der Waals surface area (Å²) in [5, 5.41) is 3.70. The van der Waals surface area contributed by atoms with Gasteiger partial charge in [-0.15, -0.1) is 12.4 Å². The molecule has 0 amide bonds. The van der Waals surface area contributed by atoms with Crippen molar-refractivity contribution >= 4 is 29.0 Å². The Hall–Kier alpha value is -2.74. The number of hydrogen-bond acceptors (Lipinski definition) is 5. The summed E-state index contributed by atoms with van der Waals surface area (Å²) >= 11 is 0. The van der Waals surface area contributed by atoms with Crippen LogP contribution in [0.5, 0.6) is 11.5 Å². The first-order valence-corrected chi connectivity index (χ1v) is 7.69. The van der Waals surface area contributed by atoms with Crippen molar-refractivity contribution < 1.29 is 22.6 Å². The zero-order valence-electron chi connectivity index (χ0n) is 14.5. The Morgan fingerprint density at radius 2 is 1.70 bits per heavy atom. The quantitative estimate of drug-likeness (QED) is 0.674. The summed E-state index contributed by atoms with van der Waals surface area (Å²) in [6.07, 6.45) is -2.99. The van der Waals surface area contributed by atoms with Crippen molar-refractivity contribution in [2.45, 2.75) is 12.7 Å². The van der Waals surface area contributed by atoms with Crippen LogP contribution in [0.2, 0.25) is 0 Å². The van der Waals surface area contributed by atoms with Gasteiger partial charge in [-0.3, -0.25) is 0 Å². The first kappa shape index (κ1) is 20.6. The van der Waals surface area contributed by atoms with E-state index in [4.69, 9.17) is 9.47 Å². The van der Waals surface area contributed by atoms with E-state index in [0.717, 1.165) is 17.5 Å². The molecular weight excluding hydrogens is 383 g/mol.